The molecule has 128 valence electrons. The smallest absolute Gasteiger partial charge is 0.319 e. The molecule has 3 amide bonds. The maximum atomic E-state index is 12.8. The summed E-state index contributed by atoms with van der Waals surface area (Å²) < 4.78 is 0. The van der Waals surface area contributed by atoms with E-state index in [9.17, 15) is 9.59 Å². The first-order chi connectivity index (χ1) is 11.9. The molecule has 1 unspecified atom stereocenters. The summed E-state index contributed by atoms with van der Waals surface area (Å²) in [5, 5.41) is 3.54. The van der Waals surface area contributed by atoms with Crippen LogP contribution >= 0.6 is 23.2 Å². The van der Waals surface area contributed by atoms with Crippen molar-refractivity contribution in [2.75, 3.05) is 6.54 Å². The topological polar surface area (TPSA) is 49.4 Å². The zero-order valence-electron chi connectivity index (χ0n) is 13.5. The molecule has 1 aliphatic heterocycles. The van der Waals surface area contributed by atoms with Crippen LogP contribution in [-0.4, -0.2) is 23.4 Å². The van der Waals surface area contributed by atoms with Crippen molar-refractivity contribution < 1.29 is 9.59 Å². The monoisotopic (exact) mass is 374 g/mol. The minimum Gasteiger partial charge on any atom is -0.319 e. The fourth-order valence-corrected chi connectivity index (χ4v) is 3.40. The lowest BCUT2D eigenvalue weighted by Gasteiger charge is -2.23. The SMILES string of the molecule is CC1(c2ccc(Cl)cc2Cl)NC(=O)N(CC=Cc2ccccc2)C1=O. The van der Waals surface area contributed by atoms with E-state index in [1.807, 2.05) is 36.4 Å². The van der Waals surface area contributed by atoms with Gasteiger partial charge in [-0.05, 0) is 24.6 Å². The van der Waals surface area contributed by atoms with Crippen LogP contribution in [0.15, 0.2) is 54.6 Å². The molecule has 0 aliphatic carbocycles. The van der Waals surface area contributed by atoms with E-state index in [-0.39, 0.29) is 12.5 Å². The summed E-state index contributed by atoms with van der Waals surface area (Å²) in [6.07, 6.45) is 3.65. The predicted molar refractivity (Wildman–Crippen MR) is 99.5 cm³/mol. The number of nitrogens with zero attached hydrogens (tertiary/aromatic N) is 1. The number of carbonyl (C=O) groups is 2. The van der Waals surface area contributed by atoms with Crippen LogP contribution in [0.1, 0.15) is 18.1 Å². The highest BCUT2D eigenvalue weighted by atomic mass is 35.5. The molecule has 6 heteroatoms. The lowest BCUT2D eigenvalue weighted by Crippen LogP contribution is -2.41. The Morgan fingerprint density at radius 3 is 2.52 bits per heavy atom. The van der Waals surface area contributed by atoms with Gasteiger partial charge in [0.2, 0.25) is 0 Å². The van der Waals surface area contributed by atoms with Gasteiger partial charge in [-0.25, -0.2) is 4.79 Å². The zero-order chi connectivity index (χ0) is 18.0. The number of hydrogen-bond acceptors (Lipinski definition) is 2. The first-order valence-electron chi connectivity index (χ1n) is 7.73. The highest BCUT2D eigenvalue weighted by molar-refractivity contribution is 6.35. The summed E-state index contributed by atoms with van der Waals surface area (Å²) in [4.78, 5) is 26.3. The molecular formula is C19H16Cl2N2O2. The van der Waals surface area contributed by atoms with Gasteiger partial charge in [0.15, 0.2) is 0 Å². The molecule has 4 nitrogen and oxygen atoms in total. The van der Waals surface area contributed by atoms with Gasteiger partial charge in [-0.15, -0.1) is 0 Å². The Hall–Kier alpha value is -2.30. The van der Waals surface area contributed by atoms with Crippen molar-refractivity contribution in [2.24, 2.45) is 0 Å². The van der Waals surface area contributed by atoms with Gasteiger partial charge in [-0.3, -0.25) is 9.69 Å². The van der Waals surface area contributed by atoms with Crippen molar-refractivity contribution in [3.05, 3.63) is 75.8 Å². The first kappa shape index (κ1) is 17.5. The molecular weight excluding hydrogens is 359 g/mol. The molecule has 1 saturated heterocycles. The van der Waals surface area contributed by atoms with Crippen molar-refractivity contribution in [1.29, 1.82) is 0 Å². The van der Waals surface area contributed by atoms with Crippen molar-refractivity contribution in [3.63, 3.8) is 0 Å². The van der Waals surface area contributed by atoms with E-state index in [0.29, 0.717) is 15.6 Å². The lowest BCUT2D eigenvalue weighted by atomic mass is 9.92. The van der Waals surface area contributed by atoms with Gasteiger partial charge in [-0.2, -0.15) is 0 Å². The fraction of sp³-hybridized carbons (Fsp3) is 0.158. The molecule has 0 bridgehead atoms. The van der Waals surface area contributed by atoms with Crippen LogP contribution in [0.2, 0.25) is 10.0 Å². The van der Waals surface area contributed by atoms with E-state index in [4.69, 9.17) is 23.2 Å². The van der Waals surface area contributed by atoms with Gasteiger partial charge in [0.05, 0.1) is 0 Å². The summed E-state index contributed by atoms with van der Waals surface area (Å²) in [5.74, 6) is -0.348. The zero-order valence-corrected chi connectivity index (χ0v) is 15.0. The van der Waals surface area contributed by atoms with Gasteiger partial charge in [0, 0.05) is 22.2 Å². The first-order valence-corrected chi connectivity index (χ1v) is 8.48. The van der Waals surface area contributed by atoms with Gasteiger partial charge in [0.1, 0.15) is 5.54 Å². The van der Waals surface area contributed by atoms with Gasteiger partial charge < -0.3 is 5.32 Å². The Morgan fingerprint density at radius 1 is 1.12 bits per heavy atom. The van der Waals surface area contributed by atoms with Crippen LogP contribution in [0.3, 0.4) is 0 Å². The van der Waals surface area contributed by atoms with Crippen molar-refractivity contribution >= 4 is 41.2 Å². The minimum atomic E-state index is -1.21. The summed E-state index contributed by atoms with van der Waals surface area (Å²) in [6.45, 7) is 1.82. The highest BCUT2D eigenvalue weighted by Crippen LogP contribution is 2.34. The highest BCUT2D eigenvalue weighted by Gasteiger charge is 2.49. The van der Waals surface area contributed by atoms with Crippen LogP contribution in [0.5, 0.6) is 0 Å². The second-order valence-corrected chi connectivity index (χ2v) is 6.75. The van der Waals surface area contributed by atoms with Crippen LogP contribution < -0.4 is 5.32 Å². The van der Waals surface area contributed by atoms with Crippen LogP contribution in [-0.2, 0) is 10.3 Å². The number of amides is 3. The van der Waals surface area contributed by atoms with E-state index in [2.05, 4.69) is 5.32 Å². The van der Waals surface area contributed by atoms with E-state index < -0.39 is 11.6 Å². The molecule has 2 aromatic rings. The Kier molecular flexibility index (Phi) is 4.84. The summed E-state index contributed by atoms with van der Waals surface area (Å²) in [7, 11) is 0. The van der Waals surface area contributed by atoms with Crippen LogP contribution in [0, 0.1) is 0 Å². The molecule has 0 spiro atoms. The lowest BCUT2D eigenvalue weighted by molar-refractivity contribution is -0.130. The van der Waals surface area contributed by atoms with E-state index in [1.165, 1.54) is 4.90 Å². The molecule has 2 aromatic carbocycles. The van der Waals surface area contributed by atoms with Crippen molar-refractivity contribution in [2.45, 2.75) is 12.5 Å². The second-order valence-electron chi connectivity index (χ2n) is 5.91. The third-order valence-corrected chi connectivity index (χ3v) is 4.69. The molecule has 0 aromatic heterocycles. The number of imide groups is 1. The summed E-state index contributed by atoms with van der Waals surface area (Å²) in [5.41, 5.74) is 0.309. The molecule has 1 fully saturated rings. The molecule has 1 aliphatic rings. The van der Waals surface area contributed by atoms with Crippen molar-refractivity contribution in [1.82, 2.24) is 10.2 Å². The maximum Gasteiger partial charge on any atom is 0.325 e. The maximum absolute atomic E-state index is 12.8. The minimum absolute atomic E-state index is 0.181. The standard InChI is InChI=1S/C19H16Cl2N2O2/c1-19(15-10-9-14(20)12-16(15)21)17(24)23(18(25)22-19)11-5-8-13-6-3-2-4-7-13/h2-10,12H,11H2,1H3,(H,22,25). The van der Waals surface area contributed by atoms with Crippen molar-refractivity contribution in [3.8, 4) is 0 Å². The second kappa shape index (κ2) is 6.90. The number of nitrogens with one attached hydrogen (secondary N) is 1. The van der Waals surface area contributed by atoms with E-state index in [1.54, 1.807) is 31.2 Å². The fourth-order valence-electron chi connectivity index (χ4n) is 2.80. The Bertz CT molecular complexity index is 852. The normalized spacial score (nSPS) is 20.4. The summed E-state index contributed by atoms with van der Waals surface area (Å²) >= 11 is 12.1. The Labute approximate surface area is 156 Å². The third-order valence-electron chi connectivity index (χ3n) is 4.14. The van der Waals surface area contributed by atoms with E-state index >= 15 is 0 Å². The predicted octanol–water partition coefficient (Wildman–Crippen LogP) is 4.47. The average Bonchev–Trinajstić information content (AvgIpc) is 2.79. The Morgan fingerprint density at radius 2 is 1.84 bits per heavy atom. The number of halogens is 2. The van der Waals surface area contributed by atoms with Gasteiger partial charge >= 0.3 is 6.03 Å². The van der Waals surface area contributed by atoms with Crippen LogP contribution in [0.4, 0.5) is 4.79 Å². The number of rotatable bonds is 4. The van der Waals surface area contributed by atoms with Crippen LogP contribution in [0.25, 0.3) is 6.08 Å². The van der Waals surface area contributed by atoms with Gasteiger partial charge in [-0.1, -0.05) is 71.8 Å². The quantitative estimate of drug-likeness (QED) is 0.802. The number of hydrogen-bond donors (Lipinski definition) is 1. The third kappa shape index (κ3) is 3.41. The summed E-state index contributed by atoms with van der Waals surface area (Å²) in [6, 6.07) is 14.1. The van der Waals surface area contributed by atoms with E-state index in [0.717, 1.165) is 5.56 Å². The number of carbonyl (C=O) groups excluding carboxylic acids is 2. The number of urea groups is 1. The average molecular weight is 375 g/mol. The molecule has 1 atom stereocenters. The molecule has 0 saturated carbocycles. The molecule has 3 rings (SSSR count). The largest absolute Gasteiger partial charge is 0.325 e. The number of benzene rings is 2. The molecule has 0 radical (unpaired) electrons. The Balaban J connectivity index is 1.81. The molecule has 25 heavy (non-hydrogen) atoms. The molecule has 1 heterocycles. The molecule has 1 N–H and O–H groups in total. The van der Waals surface area contributed by atoms with Gasteiger partial charge in [0.25, 0.3) is 5.91 Å².